The summed E-state index contributed by atoms with van der Waals surface area (Å²) >= 11 is 2.23. The molecule has 4 nitrogen and oxygen atoms in total. The van der Waals surface area contributed by atoms with Gasteiger partial charge in [-0.15, -0.1) is 0 Å². The molecule has 0 bridgehead atoms. The van der Waals surface area contributed by atoms with E-state index in [1.54, 1.807) is 0 Å². The van der Waals surface area contributed by atoms with Crippen molar-refractivity contribution in [2.24, 2.45) is 0 Å². The maximum Gasteiger partial charge on any atom is 0.224 e. The van der Waals surface area contributed by atoms with E-state index in [4.69, 9.17) is 0 Å². The second-order valence-electron chi connectivity index (χ2n) is 5.59. The topological polar surface area (TPSA) is 58.2 Å². The lowest BCUT2D eigenvalue weighted by Gasteiger charge is -2.09. The third-order valence-corrected chi connectivity index (χ3v) is 4.29. The molecule has 0 saturated heterocycles. The molecule has 0 aliphatic carbocycles. The van der Waals surface area contributed by atoms with Gasteiger partial charge in [0.05, 0.1) is 0 Å². The Morgan fingerprint density at radius 2 is 1.71 bits per heavy atom. The highest BCUT2D eigenvalue weighted by Crippen LogP contribution is 2.17. The zero-order valence-electron chi connectivity index (χ0n) is 13.6. The highest BCUT2D eigenvalue weighted by molar-refractivity contribution is 14.1. The summed E-state index contributed by atoms with van der Waals surface area (Å²) in [5.41, 5.74) is 3.00. The Hall–Kier alpha value is -1.89. The van der Waals surface area contributed by atoms with Crippen molar-refractivity contribution in [3.8, 4) is 0 Å². The first-order valence-corrected chi connectivity index (χ1v) is 8.99. The summed E-state index contributed by atoms with van der Waals surface area (Å²) in [6, 6.07) is 15.8. The zero-order chi connectivity index (χ0) is 17.4. The van der Waals surface area contributed by atoms with Crippen LogP contribution in [0.3, 0.4) is 0 Å². The molecule has 0 fully saturated rings. The van der Waals surface area contributed by atoms with Crippen LogP contribution in [0, 0.1) is 10.5 Å². The standard InChI is InChI=1S/C19H21IN2O2/c1-14-13-16(20)7-8-17(14)22-19(24)10-9-18(23)21-12-11-15-5-3-2-4-6-15/h2-8,13H,9-12H2,1H3,(H,21,23)(H,22,24). The number of amides is 2. The number of anilines is 1. The number of halogens is 1. The predicted molar refractivity (Wildman–Crippen MR) is 105 cm³/mol. The minimum absolute atomic E-state index is 0.0968. The Balaban J connectivity index is 1.68. The molecule has 0 atom stereocenters. The lowest BCUT2D eigenvalue weighted by molar-refractivity contribution is -0.124. The van der Waals surface area contributed by atoms with E-state index in [-0.39, 0.29) is 24.7 Å². The van der Waals surface area contributed by atoms with Crippen molar-refractivity contribution in [3.05, 3.63) is 63.2 Å². The van der Waals surface area contributed by atoms with Crippen LogP contribution in [0.5, 0.6) is 0 Å². The third-order valence-electron chi connectivity index (χ3n) is 3.62. The van der Waals surface area contributed by atoms with E-state index in [2.05, 4.69) is 33.2 Å². The van der Waals surface area contributed by atoms with Gasteiger partial charge in [-0.2, -0.15) is 0 Å². The third kappa shape index (κ3) is 6.31. The van der Waals surface area contributed by atoms with Gasteiger partial charge in [0.15, 0.2) is 0 Å². The van der Waals surface area contributed by atoms with Crippen LogP contribution in [-0.4, -0.2) is 18.4 Å². The van der Waals surface area contributed by atoms with Crippen LogP contribution >= 0.6 is 22.6 Å². The summed E-state index contributed by atoms with van der Waals surface area (Å²) in [4.78, 5) is 23.8. The van der Waals surface area contributed by atoms with Gasteiger partial charge < -0.3 is 10.6 Å². The van der Waals surface area contributed by atoms with Crippen molar-refractivity contribution in [2.75, 3.05) is 11.9 Å². The summed E-state index contributed by atoms with van der Waals surface area (Å²) in [5, 5.41) is 5.70. The zero-order valence-corrected chi connectivity index (χ0v) is 15.8. The van der Waals surface area contributed by atoms with Crippen molar-refractivity contribution < 1.29 is 9.59 Å². The second-order valence-corrected chi connectivity index (χ2v) is 6.84. The average molecular weight is 436 g/mol. The Bertz CT molecular complexity index is 702. The number of hydrogen-bond acceptors (Lipinski definition) is 2. The number of rotatable bonds is 7. The Morgan fingerprint density at radius 3 is 2.42 bits per heavy atom. The number of hydrogen-bond donors (Lipinski definition) is 2. The van der Waals surface area contributed by atoms with E-state index in [0.717, 1.165) is 21.2 Å². The molecular formula is C19H21IN2O2. The summed E-state index contributed by atoms with van der Waals surface area (Å²) in [6.07, 6.45) is 1.17. The maximum atomic E-state index is 12.0. The molecule has 0 aliphatic rings. The average Bonchev–Trinajstić information content (AvgIpc) is 2.56. The van der Waals surface area contributed by atoms with Gasteiger partial charge in [-0.25, -0.2) is 0 Å². The molecule has 2 aromatic carbocycles. The van der Waals surface area contributed by atoms with Gasteiger partial charge in [0, 0.05) is 28.6 Å². The molecule has 0 radical (unpaired) electrons. The first-order valence-electron chi connectivity index (χ1n) is 7.91. The van der Waals surface area contributed by atoms with Gasteiger partial charge in [0.1, 0.15) is 0 Å². The first-order chi connectivity index (χ1) is 11.5. The monoisotopic (exact) mass is 436 g/mol. The SMILES string of the molecule is Cc1cc(I)ccc1NC(=O)CCC(=O)NCCc1ccccc1. The van der Waals surface area contributed by atoms with Crippen LogP contribution in [0.15, 0.2) is 48.5 Å². The van der Waals surface area contributed by atoms with E-state index < -0.39 is 0 Å². The van der Waals surface area contributed by atoms with Crippen LogP contribution < -0.4 is 10.6 Å². The van der Waals surface area contributed by atoms with Crippen LogP contribution in [0.1, 0.15) is 24.0 Å². The lowest BCUT2D eigenvalue weighted by Crippen LogP contribution is -2.26. The molecular weight excluding hydrogens is 415 g/mol. The highest BCUT2D eigenvalue weighted by atomic mass is 127. The minimum atomic E-state index is -0.141. The highest BCUT2D eigenvalue weighted by Gasteiger charge is 2.08. The molecule has 2 N–H and O–H groups in total. The van der Waals surface area contributed by atoms with Crippen molar-refractivity contribution in [2.45, 2.75) is 26.2 Å². The number of benzene rings is 2. The fraction of sp³-hybridized carbons (Fsp3) is 0.263. The molecule has 126 valence electrons. The van der Waals surface area contributed by atoms with Crippen molar-refractivity contribution in [3.63, 3.8) is 0 Å². The van der Waals surface area contributed by atoms with Gasteiger partial charge >= 0.3 is 0 Å². The molecule has 5 heteroatoms. The Labute approximate surface area is 156 Å². The molecule has 2 rings (SSSR count). The molecule has 2 aromatic rings. The van der Waals surface area contributed by atoms with Crippen molar-refractivity contribution >= 4 is 40.1 Å². The van der Waals surface area contributed by atoms with Gasteiger partial charge in [-0.3, -0.25) is 9.59 Å². The summed E-state index contributed by atoms with van der Waals surface area (Å²) in [6.45, 7) is 2.54. The van der Waals surface area contributed by atoms with Crippen LogP contribution in [0.25, 0.3) is 0 Å². The van der Waals surface area contributed by atoms with E-state index in [9.17, 15) is 9.59 Å². The molecule has 24 heavy (non-hydrogen) atoms. The van der Waals surface area contributed by atoms with Gasteiger partial charge in [0.2, 0.25) is 11.8 Å². The predicted octanol–water partition coefficient (Wildman–Crippen LogP) is 3.68. The van der Waals surface area contributed by atoms with E-state index >= 15 is 0 Å². The summed E-state index contributed by atoms with van der Waals surface area (Å²) in [5.74, 6) is -0.238. The van der Waals surface area contributed by atoms with Crippen molar-refractivity contribution in [1.82, 2.24) is 5.32 Å². The van der Waals surface area contributed by atoms with Crippen molar-refractivity contribution in [1.29, 1.82) is 0 Å². The fourth-order valence-corrected chi connectivity index (χ4v) is 2.93. The molecule has 0 aromatic heterocycles. The first kappa shape index (κ1) is 18.4. The van der Waals surface area contributed by atoms with Crippen LogP contribution in [-0.2, 0) is 16.0 Å². The van der Waals surface area contributed by atoms with Crippen LogP contribution in [0.2, 0.25) is 0 Å². The largest absolute Gasteiger partial charge is 0.356 e. The Morgan fingerprint density at radius 1 is 1.00 bits per heavy atom. The smallest absolute Gasteiger partial charge is 0.224 e. The number of carbonyl (C=O) groups excluding carboxylic acids is 2. The molecule has 0 saturated carbocycles. The van der Waals surface area contributed by atoms with Crippen LogP contribution in [0.4, 0.5) is 5.69 Å². The molecule has 2 amide bonds. The fourth-order valence-electron chi connectivity index (χ4n) is 2.29. The van der Waals surface area contributed by atoms with E-state index in [0.29, 0.717) is 6.54 Å². The molecule has 0 spiro atoms. The summed E-state index contributed by atoms with van der Waals surface area (Å²) in [7, 11) is 0. The molecule has 0 aliphatic heterocycles. The van der Waals surface area contributed by atoms with E-state index in [1.807, 2.05) is 55.5 Å². The van der Waals surface area contributed by atoms with E-state index in [1.165, 1.54) is 5.56 Å². The molecule has 0 heterocycles. The number of nitrogens with one attached hydrogen (secondary N) is 2. The van der Waals surface area contributed by atoms with Gasteiger partial charge in [-0.1, -0.05) is 30.3 Å². The van der Waals surface area contributed by atoms with Gasteiger partial charge in [-0.05, 0) is 65.3 Å². The molecule has 0 unspecified atom stereocenters. The number of carbonyl (C=O) groups is 2. The normalized spacial score (nSPS) is 10.2. The Kier molecular flexibility index (Phi) is 7.24. The quantitative estimate of drug-likeness (QED) is 0.651. The minimum Gasteiger partial charge on any atom is -0.356 e. The lowest BCUT2D eigenvalue weighted by atomic mass is 10.1. The number of aryl methyl sites for hydroxylation is 1. The summed E-state index contributed by atoms with van der Waals surface area (Å²) < 4.78 is 1.13. The second kappa shape index (κ2) is 9.42. The maximum absolute atomic E-state index is 12.0. The van der Waals surface area contributed by atoms with Gasteiger partial charge in [0.25, 0.3) is 0 Å².